The van der Waals surface area contributed by atoms with E-state index in [-0.39, 0.29) is 5.91 Å². The number of carbonyl (C=O) groups is 1. The van der Waals surface area contributed by atoms with Gasteiger partial charge in [0, 0.05) is 10.7 Å². The fourth-order valence-electron chi connectivity index (χ4n) is 2.70. The van der Waals surface area contributed by atoms with Crippen LogP contribution in [0, 0.1) is 6.92 Å². The zero-order valence-corrected chi connectivity index (χ0v) is 15.5. The average molecular weight is 376 g/mol. The molecule has 0 saturated carbocycles. The highest BCUT2D eigenvalue weighted by atomic mass is 35.5. The molecule has 25 heavy (non-hydrogen) atoms. The van der Waals surface area contributed by atoms with Gasteiger partial charge in [0.25, 0.3) is 5.91 Å². The highest BCUT2D eigenvalue weighted by molar-refractivity contribution is 7.09. The lowest BCUT2D eigenvalue weighted by Gasteiger charge is -2.18. The number of anilines is 1. The lowest BCUT2D eigenvalue weighted by molar-refractivity contribution is -0.920. The molecule has 2 aromatic heterocycles. The Morgan fingerprint density at radius 3 is 2.80 bits per heavy atom. The number of quaternary nitrogens is 1. The maximum Gasteiger partial charge on any atom is 0.279 e. The molecule has 4 nitrogen and oxygen atoms in total. The largest absolute Gasteiger partial charge is 0.463 e. The number of nitrogens with one attached hydrogen (secondary N) is 2. The summed E-state index contributed by atoms with van der Waals surface area (Å²) in [5, 5.41) is 5.70. The van der Waals surface area contributed by atoms with E-state index in [2.05, 4.69) is 16.8 Å². The Kier molecular flexibility index (Phi) is 5.91. The van der Waals surface area contributed by atoms with E-state index in [9.17, 15) is 4.79 Å². The topological polar surface area (TPSA) is 46.7 Å². The van der Waals surface area contributed by atoms with Crippen LogP contribution >= 0.6 is 22.9 Å². The maximum atomic E-state index is 12.5. The molecule has 1 aromatic carbocycles. The predicted octanol–water partition coefficient (Wildman–Crippen LogP) is 3.53. The van der Waals surface area contributed by atoms with Crippen LogP contribution < -0.4 is 10.2 Å². The number of rotatable bonds is 7. The van der Waals surface area contributed by atoms with Gasteiger partial charge in [-0.2, -0.15) is 0 Å². The summed E-state index contributed by atoms with van der Waals surface area (Å²) in [4.78, 5) is 14.9. The summed E-state index contributed by atoms with van der Waals surface area (Å²) < 4.78 is 5.45. The third-order valence-electron chi connectivity index (χ3n) is 3.88. The number of hydrogen-bond acceptors (Lipinski definition) is 3. The molecule has 130 valence electrons. The molecule has 0 aliphatic heterocycles. The zero-order valence-electron chi connectivity index (χ0n) is 13.9. The van der Waals surface area contributed by atoms with E-state index in [0.29, 0.717) is 18.1 Å². The van der Waals surface area contributed by atoms with Crippen molar-refractivity contribution in [1.82, 2.24) is 0 Å². The number of thiophene rings is 1. The molecule has 0 saturated heterocycles. The predicted molar refractivity (Wildman–Crippen MR) is 101 cm³/mol. The van der Waals surface area contributed by atoms with Crippen LogP contribution in [0.4, 0.5) is 5.69 Å². The van der Waals surface area contributed by atoms with Crippen molar-refractivity contribution in [3.8, 4) is 0 Å². The molecule has 2 N–H and O–H groups in total. The lowest BCUT2D eigenvalue weighted by Crippen LogP contribution is -3.10. The Labute approximate surface area is 156 Å². The van der Waals surface area contributed by atoms with E-state index < -0.39 is 0 Å². The number of furan rings is 1. The van der Waals surface area contributed by atoms with Crippen LogP contribution in [-0.2, 0) is 17.9 Å². The highest BCUT2D eigenvalue weighted by Crippen LogP contribution is 2.19. The second-order valence-corrected chi connectivity index (χ2v) is 7.42. The zero-order chi connectivity index (χ0) is 17.6. The third kappa shape index (κ3) is 5.19. The second kappa shape index (κ2) is 8.34. The molecule has 6 heteroatoms. The summed E-state index contributed by atoms with van der Waals surface area (Å²) in [5.41, 5.74) is 1.74. The van der Waals surface area contributed by atoms with Crippen molar-refractivity contribution in [2.45, 2.75) is 20.0 Å². The maximum absolute atomic E-state index is 12.5. The van der Waals surface area contributed by atoms with E-state index in [1.54, 1.807) is 23.7 Å². The molecular formula is C19H20ClN2O2S+. The van der Waals surface area contributed by atoms with Gasteiger partial charge in [-0.1, -0.05) is 17.7 Å². The van der Waals surface area contributed by atoms with Crippen molar-refractivity contribution in [1.29, 1.82) is 0 Å². The Balaban J connectivity index is 1.66. The number of benzene rings is 1. The lowest BCUT2D eigenvalue weighted by atomic mass is 10.2. The first-order valence-corrected chi connectivity index (χ1v) is 9.30. The monoisotopic (exact) mass is 375 g/mol. The van der Waals surface area contributed by atoms with Crippen molar-refractivity contribution >= 4 is 34.5 Å². The molecule has 3 aromatic rings. The van der Waals surface area contributed by atoms with Crippen LogP contribution in [0.15, 0.2) is 58.5 Å². The van der Waals surface area contributed by atoms with Gasteiger partial charge in [-0.15, -0.1) is 11.3 Å². The SMILES string of the molecule is Cc1cc(Cl)ccc1NC(=O)C[NH+](Cc1ccco1)Cc1cccs1. The Morgan fingerprint density at radius 1 is 1.24 bits per heavy atom. The number of aryl methyl sites for hydroxylation is 1. The molecule has 2 heterocycles. The van der Waals surface area contributed by atoms with Crippen LogP contribution in [0.25, 0.3) is 0 Å². The molecule has 1 amide bonds. The number of amides is 1. The van der Waals surface area contributed by atoms with Gasteiger partial charge in [0.15, 0.2) is 12.3 Å². The average Bonchev–Trinajstić information content (AvgIpc) is 3.24. The summed E-state index contributed by atoms with van der Waals surface area (Å²) in [7, 11) is 0. The fraction of sp³-hybridized carbons (Fsp3) is 0.211. The van der Waals surface area contributed by atoms with Crippen LogP contribution in [-0.4, -0.2) is 12.5 Å². The molecule has 0 bridgehead atoms. The minimum absolute atomic E-state index is 0.0245. The molecule has 1 atom stereocenters. The van der Waals surface area contributed by atoms with Gasteiger partial charge in [0.05, 0.1) is 11.1 Å². The van der Waals surface area contributed by atoms with Gasteiger partial charge < -0.3 is 14.6 Å². The first kappa shape index (κ1) is 17.7. The van der Waals surface area contributed by atoms with Crippen LogP contribution in [0.2, 0.25) is 5.02 Å². The number of hydrogen-bond donors (Lipinski definition) is 2. The van der Waals surface area contributed by atoms with Crippen LogP contribution in [0.1, 0.15) is 16.2 Å². The van der Waals surface area contributed by atoms with Gasteiger partial charge in [-0.25, -0.2) is 0 Å². The third-order valence-corrected chi connectivity index (χ3v) is 4.99. The molecule has 3 rings (SSSR count). The van der Waals surface area contributed by atoms with Gasteiger partial charge in [0.1, 0.15) is 13.1 Å². The minimum atomic E-state index is -0.0245. The summed E-state index contributed by atoms with van der Waals surface area (Å²) in [6.07, 6.45) is 1.66. The smallest absolute Gasteiger partial charge is 0.279 e. The van der Waals surface area contributed by atoms with E-state index in [0.717, 1.165) is 28.5 Å². The van der Waals surface area contributed by atoms with Crippen molar-refractivity contribution in [3.63, 3.8) is 0 Å². The van der Waals surface area contributed by atoms with Crippen LogP contribution in [0.3, 0.4) is 0 Å². The summed E-state index contributed by atoms with van der Waals surface area (Å²) in [6.45, 7) is 3.74. The molecule has 1 unspecified atom stereocenters. The summed E-state index contributed by atoms with van der Waals surface area (Å²) in [5.74, 6) is 0.852. The Morgan fingerprint density at radius 2 is 2.12 bits per heavy atom. The van der Waals surface area contributed by atoms with Gasteiger partial charge in [0.2, 0.25) is 0 Å². The first-order chi connectivity index (χ1) is 12.1. The molecule has 0 fully saturated rings. The number of carbonyl (C=O) groups excluding carboxylic acids is 1. The first-order valence-electron chi connectivity index (χ1n) is 8.04. The normalized spacial score (nSPS) is 12.1. The molecule has 0 spiro atoms. The molecule has 0 radical (unpaired) electrons. The van der Waals surface area contributed by atoms with Crippen LogP contribution in [0.5, 0.6) is 0 Å². The minimum Gasteiger partial charge on any atom is -0.463 e. The van der Waals surface area contributed by atoms with E-state index in [1.807, 2.05) is 37.3 Å². The number of halogens is 1. The standard InChI is InChI=1S/C19H19ClN2O2S/c1-14-10-15(20)6-7-18(14)21-19(23)13-22(11-16-4-2-8-24-16)12-17-5-3-9-25-17/h2-10H,11-13H2,1H3,(H,21,23)/p+1. The highest BCUT2D eigenvalue weighted by Gasteiger charge is 2.18. The molecule has 0 aliphatic rings. The van der Waals surface area contributed by atoms with Crippen molar-refractivity contribution < 1.29 is 14.1 Å². The molecule has 0 aliphatic carbocycles. The van der Waals surface area contributed by atoms with E-state index in [1.165, 1.54) is 4.88 Å². The molecular weight excluding hydrogens is 356 g/mol. The Hall–Kier alpha value is -2.08. The summed E-state index contributed by atoms with van der Waals surface area (Å²) >= 11 is 7.67. The van der Waals surface area contributed by atoms with Gasteiger partial charge in [-0.3, -0.25) is 4.79 Å². The quantitative estimate of drug-likeness (QED) is 0.663. The van der Waals surface area contributed by atoms with E-state index >= 15 is 0 Å². The summed E-state index contributed by atoms with van der Waals surface area (Å²) in [6, 6.07) is 13.4. The van der Waals surface area contributed by atoms with Crippen molar-refractivity contribution in [3.05, 3.63) is 75.3 Å². The Bertz CT molecular complexity index is 780. The van der Waals surface area contributed by atoms with Crippen molar-refractivity contribution in [2.24, 2.45) is 0 Å². The van der Waals surface area contributed by atoms with Gasteiger partial charge >= 0.3 is 0 Å². The van der Waals surface area contributed by atoms with E-state index in [4.69, 9.17) is 16.0 Å². The van der Waals surface area contributed by atoms with Gasteiger partial charge in [-0.05, 0) is 54.3 Å². The second-order valence-electron chi connectivity index (χ2n) is 5.95. The fourth-order valence-corrected chi connectivity index (χ4v) is 3.70. The van der Waals surface area contributed by atoms with Crippen molar-refractivity contribution in [2.75, 3.05) is 11.9 Å².